The van der Waals surface area contributed by atoms with E-state index < -0.39 is 0 Å². The van der Waals surface area contributed by atoms with Gasteiger partial charge < -0.3 is 18.8 Å². The van der Waals surface area contributed by atoms with E-state index in [1.54, 1.807) is 32.4 Å². The third-order valence-electron chi connectivity index (χ3n) is 4.30. The van der Waals surface area contributed by atoms with Crippen molar-refractivity contribution in [3.8, 4) is 17.2 Å². The van der Waals surface area contributed by atoms with Gasteiger partial charge in [-0.3, -0.25) is 4.79 Å². The van der Waals surface area contributed by atoms with Crippen LogP contribution in [0.2, 0.25) is 0 Å². The van der Waals surface area contributed by atoms with E-state index in [0.717, 1.165) is 21.5 Å². The van der Waals surface area contributed by atoms with Gasteiger partial charge in [-0.25, -0.2) is 0 Å². The first kappa shape index (κ1) is 20.7. The Morgan fingerprint density at radius 3 is 2.66 bits per heavy atom. The fourth-order valence-corrected chi connectivity index (χ4v) is 4.10. The summed E-state index contributed by atoms with van der Waals surface area (Å²) < 4.78 is 19.1. The summed E-state index contributed by atoms with van der Waals surface area (Å²) in [6, 6.07) is 11.3. The zero-order valence-corrected chi connectivity index (χ0v) is 17.6. The zero-order chi connectivity index (χ0) is 20.8. The fraction of sp³-hybridized carbons (Fsp3) is 0.273. The maximum Gasteiger partial charge on any atom is 0.252 e. The normalized spacial score (nSPS) is 11.5. The molecule has 0 saturated heterocycles. The van der Waals surface area contributed by atoms with Gasteiger partial charge in [-0.15, -0.1) is 6.58 Å². The molecular weight excluding hydrogens is 388 g/mol. The van der Waals surface area contributed by atoms with Gasteiger partial charge in [0, 0.05) is 6.54 Å². The van der Waals surface area contributed by atoms with Crippen LogP contribution in [0.25, 0.3) is 10.2 Å². The van der Waals surface area contributed by atoms with Crippen LogP contribution in [0.15, 0.2) is 54.0 Å². The van der Waals surface area contributed by atoms with Crippen LogP contribution < -0.4 is 19.0 Å². The Kier molecular flexibility index (Phi) is 6.72. The van der Waals surface area contributed by atoms with Crippen molar-refractivity contribution in [2.45, 2.75) is 19.9 Å². The van der Waals surface area contributed by atoms with E-state index in [9.17, 15) is 4.79 Å². The van der Waals surface area contributed by atoms with Gasteiger partial charge >= 0.3 is 0 Å². The number of nitrogens with zero attached hydrogens (tertiary/aromatic N) is 2. The number of hydrogen-bond donors (Lipinski definition) is 0. The molecule has 0 radical (unpaired) electrons. The first-order chi connectivity index (χ1) is 14.1. The number of ether oxygens (including phenoxy) is 3. The molecule has 0 spiro atoms. The molecule has 29 heavy (non-hydrogen) atoms. The lowest BCUT2D eigenvalue weighted by Gasteiger charge is -2.08. The number of thiazole rings is 1. The van der Waals surface area contributed by atoms with Crippen molar-refractivity contribution in [2.75, 3.05) is 20.8 Å². The molecule has 7 heteroatoms. The summed E-state index contributed by atoms with van der Waals surface area (Å²) in [5.41, 5.74) is 1.81. The van der Waals surface area contributed by atoms with Gasteiger partial charge in [-0.1, -0.05) is 23.5 Å². The number of methoxy groups -OCH3 is 2. The van der Waals surface area contributed by atoms with Crippen molar-refractivity contribution in [1.82, 2.24) is 4.57 Å². The maximum absolute atomic E-state index is 12.6. The van der Waals surface area contributed by atoms with Crippen molar-refractivity contribution in [1.29, 1.82) is 0 Å². The predicted octanol–water partition coefficient (Wildman–Crippen LogP) is 3.97. The SMILES string of the molecule is C=CCn1c(=NC(=O)Cc2ccc(OC)c(OC)c2)sc2cc(OCC)ccc21. The third-order valence-corrected chi connectivity index (χ3v) is 5.34. The van der Waals surface area contributed by atoms with E-state index in [1.807, 2.05) is 35.8 Å². The summed E-state index contributed by atoms with van der Waals surface area (Å²) >= 11 is 1.46. The molecule has 0 saturated carbocycles. The summed E-state index contributed by atoms with van der Waals surface area (Å²) in [5.74, 6) is 1.78. The van der Waals surface area contributed by atoms with Crippen molar-refractivity contribution in [2.24, 2.45) is 4.99 Å². The van der Waals surface area contributed by atoms with Crippen molar-refractivity contribution in [3.05, 3.63) is 59.4 Å². The highest BCUT2D eigenvalue weighted by Crippen LogP contribution is 2.28. The molecule has 1 heterocycles. The highest BCUT2D eigenvalue weighted by Gasteiger charge is 2.11. The summed E-state index contributed by atoms with van der Waals surface area (Å²) in [7, 11) is 3.15. The molecule has 0 bridgehead atoms. The van der Waals surface area contributed by atoms with E-state index in [-0.39, 0.29) is 12.3 Å². The Bertz CT molecular complexity index is 1100. The molecule has 0 atom stereocenters. The van der Waals surface area contributed by atoms with Gasteiger partial charge in [-0.05, 0) is 42.8 Å². The molecular formula is C22H24N2O4S. The summed E-state index contributed by atoms with van der Waals surface area (Å²) in [4.78, 5) is 17.6. The number of aromatic nitrogens is 1. The van der Waals surface area contributed by atoms with E-state index in [1.165, 1.54) is 11.3 Å². The van der Waals surface area contributed by atoms with Crippen LogP contribution in [0, 0.1) is 0 Å². The van der Waals surface area contributed by atoms with Crippen LogP contribution in [0.1, 0.15) is 12.5 Å². The van der Waals surface area contributed by atoms with E-state index in [2.05, 4.69) is 11.6 Å². The molecule has 0 aliphatic carbocycles. The minimum atomic E-state index is -0.230. The number of amides is 1. The maximum atomic E-state index is 12.6. The zero-order valence-electron chi connectivity index (χ0n) is 16.8. The molecule has 0 N–H and O–H groups in total. The lowest BCUT2D eigenvalue weighted by molar-refractivity contribution is -0.117. The van der Waals surface area contributed by atoms with Crippen molar-refractivity contribution < 1.29 is 19.0 Å². The van der Waals surface area contributed by atoms with Crippen molar-refractivity contribution in [3.63, 3.8) is 0 Å². The molecule has 0 aliphatic heterocycles. The Morgan fingerprint density at radius 1 is 1.17 bits per heavy atom. The number of fused-ring (bicyclic) bond motifs is 1. The van der Waals surface area contributed by atoms with Crippen molar-refractivity contribution >= 4 is 27.5 Å². The van der Waals surface area contributed by atoms with Crippen LogP contribution >= 0.6 is 11.3 Å². The number of rotatable bonds is 8. The molecule has 0 aliphatic rings. The quantitative estimate of drug-likeness (QED) is 0.525. The molecule has 152 valence electrons. The summed E-state index contributed by atoms with van der Waals surface area (Å²) in [6.45, 7) is 6.94. The van der Waals surface area contributed by atoms with Crippen LogP contribution in [0.5, 0.6) is 17.2 Å². The number of carbonyl (C=O) groups is 1. The summed E-state index contributed by atoms with van der Waals surface area (Å²) in [6.07, 6.45) is 1.97. The van der Waals surface area contributed by atoms with Crippen LogP contribution in [-0.2, 0) is 17.8 Å². The van der Waals surface area contributed by atoms with Gasteiger partial charge in [0.15, 0.2) is 16.3 Å². The second kappa shape index (κ2) is 9.43. The Labute approximate surface area is 173 Å². The van der Waals surface area contributed by atoms with Crippen LogP contribution in [0.4, 0.5) is 0 Å². The van der Waals surface area contributed by atoms with E-state index >= 15 is 0 Å². The topological polar surface area (TPSA) is 62.1 Å². The number of carbonyl (C=O) groups excluding carboxylic acids is 1. The number of benzene rings is 2. The lowest BCUT2D eigenvalue weighted by Crippen LogP contribution is -2.16. The van der Waals surface area contributed by atoms with E-state index in [0.29, 0.717) is 29.5 Å². The molecule has 0 fully saturated rings. The molecule has 3 aromatic rings. The molecule has 3 rings (SSSR count). The van der Waals surface area contributed by atoms with Gasteiger partial charge in [0.25, 0.3) is 5.91 Å². The Balaban J connectivity index is 1.94. The second-order valence-electron chi connectivity index (χ2n) is 6.22. The minimum Gasteiger partial charge on any atom is -0.494 e. The minimum absolute atomic E-state index is 0.173. The smallest absolute Gasteiger partial charge is 0.252 e. The number of allylic oxidation sites excluding steroid dienone is 1. The average Bonchev–Trinajstić information content (AvgIpc) is 3.04. The molecule has 6 nitrogen and oxygen atoms in total. The van der Waals surface area contributed by atoms with Gasteiger partial charge in [0.05, 0.1) is 37.5 Å². The number of hydrogen-bond acceptors (Lipinski definition) is 5. The lowest BCUT2D eigenvalue weighted by atomic mass is 10.1. The molecule has 1 amide bonds. The monoisotopic (exact) mass is 412 g/mol. The Hall–Kier alpha value is -3.06. The van der Waals surface area contributed by atoms with Gasteiger partial charge in [0.1, 0.15) is 5.75 Å². The second-order valence-corrected chi connectivity index (χ2v) is 7.23. The standard InChI is InChI=1S/C22H24N2O4S/c1-5-11-24-17-9-8-16(28-6-2)14-20(17)29-22(24)23-21(25)13-15-7-10-18(26-3)19(12-15)27-4/h5,7-10,12,14H,1,6,11,13H2,2-4H3. The van der Waals surface area contributed by atoms with Crippen LogP contribution in [0.3, 0.4) is 0 Å². The van der Waals surface area contributed by atoms with Crippen LogP contribution in [-0.4, -0.2) is 31.3 Å². The largest absolute Gasteiger partial charge is 0.494 e. The average molecular weight is 413 g/mol. The molecule has 1 aromatic heterocycles. The molecule has 0 unspecified atom stereocenters. The highest BCUT2D eigenvalue weighted by molar-refractivity contribution is 7.16. The van der Waals surface area contributed by atoms with E-state index in [4.69, 9.17) is 14.2 Å². The van der Waals surface area contributed by atoms with Gasteiger partial charge in [0.2, 0.25) is 0 Å². The first-order valence-electron chi connectivity index (χ1n) is 9.25. The molecule has 2 aromatic carbocycles. The Morgan fingerprint density at radius 2 is 1.97 bits per heavy atom. The fourth-order valence-electron chi connectivity index (χ4n) is 3.01. The van der Waals surface area contributed by atoms with Gasteiger partial charge in [-0.2, -0.15) is 4.99 Å². The summed E-state index contributed by atoms with van der Waals surface area (Å²) in [5, 5.41) is 0. The first-order valence-corrected chi connectivity index (χ1v) is 10.1. The predicted molar refractivity (Wildman–Crippen MR) is 115 cm³/mol. The highest BCUT2D eigenvalue weighted by atomic mass is 32.1. The third kappa shape index (κ3) is 4.68.